The molecule has 4 heteroatoms. The maximum atomic E-state index is 12.0. The van der Waals surface area contributed by atoms with Crippen molar-refractivity contribution in [2.24, 2.45) is 11.8 Å². The smallest absolute Gasteiger partial charge is 0.131 e. The van der Waals surface area contributed by atoms with E-state index in [1.165, 1.54) is 22.8 Å². The van der Waals surface area contributed by atoms with Gasteiger partial charge in [-0.1, -0.05) is 48.5 Å². The Morgan fingerprint density at radius 2 is 1.97 bits per heavy atom. The molecule has 35 heavy (non-hydrogen) atoms. The topological polar surface area (TPSA) is 42.4 Å². The number of piperidine rings is 3. The van der Waals surface area contributed by atoms with Crippen molar-refractivity contribution < 1.29 is 14.3 Å². The van der Waals surface area contributed by atoms with Gasteiger partial charge < -0.3 is 14.3 Å². The van der Waals surface area contributed by atoms with Gasteiger partial charge >= 0.3 is 0 Å². The SMILES string of the molecule is C=C[C@H]1C[N+]2(Cc3cccc4ccccc34)CC[C@H]1C[C@@H]2[C@@H](O)c1ccnc2ccc(OC)cc12. The summed E-state index contributed by atoms with van der Waals surface area (Å²) in [4.78, 5) is 4.55. The lowest BCUT2D eigenvalue weighted by molar-refractivity contribution is -0.984. The monoisotopic (exact) mass is 465 g/mol. The minimum atomic E-state index is -0.573. The highest BCUT2D eigenvalue weighted by molar-refractivity contribution is 5.85. The molecule has 4 aromatic rings. The number of methoxy groups -OCH3 is 1. The molecule has 0 aliphatic carbocycles. The van der Waals surface area contributed by atoms with Gasteiger partial charge in [-0.25, -0.2) is 0 Å². The first kappa shape index (κ1) is 22.3. The zero-order chi connectivity index (χ0) is 24.0. The lowest BCUT2D eigenvalue weighted by Gasteiger charge is -2.58. The predicted molar refractivity (Wildman–Crippen MR) is 141 cm³/mol. The van der Waals surface area contributed by atoms with Crippen molar-refractivity contribution >= 4 is 21.7 Å². The van der Waals surface area contributed by atoms with Crippen LogP contribution < -0.4 is 4.74 Å². The van der Waals surface area contributed by atoms with E-state index in [1.807, 2.05) is 30.5 Å². The van der Waals surface area contributed by atoms with Gasteiger partial charge in [-0.05, 0) is 46.5 Å². The van der Waals surface area contributed by atoms with Crippen molar-refractivity contribution in [1.82, 2.24) is 4.98 Å². The normalized spacial score (nSPS) is 26.6. The van der Waals surface area contributed by atoms with E-state index in [1.54, 1.807) is 7.11 Å². The van der Waals surface area contributed by atoms with Crippen molar-refractivity contribution in [3.8, 4) is 5.75 Å². The minimum absolute atomic E-state index is 0.126. The van der Waals surface area contributed by atoms with Gasteiger partial charge in [-0.2, -0.15) is 0 Å². The van der Waals surface area contributed by atoms with Crippen LogP contribution in [0.2, 0.25) is 0 Å². The molecule has 0 radical (unpaired) electrons. The van der Waals surface area contributed by atoms with Crippen molar-refractivity contribution in [1.29, 1.82) is 0 Å². The summed E-state index contributed by atoms with van der Waals surface area (Å²) < 4.78 is 6.39. The highest BCUT2D eigenvalue weighted by Crippen LogP contribution is 2.48. The zero-order valence-electron chi connectivity index (χ0n) is 20.3. The standard InChI is InChI=1S/C31H33N2O2/c1-3-21-19-33(20-24-9-6-8-22-7-4-5-10-26(22)24)16-14-23(21)17-30(33)31(34)27-13-15-32-29-12-11-25(35-2)18-28(27)29/h3-13,15,18,21,23,30-31,34H,1,14,16-17,19-20H2,2H3/q+1/t21-,23-,30+,31-,33?/m0/s1. The summed E-state index contributed by atoms with van der Waals surface area (Å²) in [6.45, 7) is 7.23. The molecular formula is C31H33N2O2+. The van der Waals surface area contributed by atoms with Gasteiger partial charge in [-0.3, -0.25) is 4.98 Å². The first-order valence-electron chi connectivity index (χ1n) is 12.7. The number of aliphatic hydroxyl groups is 1. The van der Waals surface area contributed by atoms with Gasteiger partial charge in [0.1, 0.15) is 24.4 Å². The Labute approximate surface area is 207 Å². The highest BCUT2D eigenvalue weighted by atomic mass is 16.5. The van der Waals surface area contributed by atoms with E-state index in [-0.39, 0.29) is 6.04 Å². The van der Waals surface area contributed by atoms with Crippen molar-refractivity contribution in [2.45, 2.75) is 31.5 Å². The molecule has 0 spiro atoms. The van der Waals surface area contributed by atoms with Crippen LogP contribution in [0.15, 0.2) is 85.6 Å². The maximum Gasteiger partial charge on any atom is 0.131 e. The molecule has 5 atom stereocenters. The maximum absolute atomic E-state index is 12.0. The molecule has 2 bridgehead atoms. The molecule has 0 saturated carbocycles. The van der Waals surface area contributed by atoms with E-state index >= 15 is 0 Å². The summed E-state index contributed by atoms with van der Waals surface area (Å²) in [7, 11) is 1.68. The molecule has 3 fully saturated rings. The van der Waals surface area contributed by atoms with Crippen molar-refractivity contribution in [3.63, 3.8) is 0 Å². The largest absolute Gasteiger partial charge is 0.497 e. The second-order valence-corrected chi connectivity index (χ2v) is 10.4. The number of quaternary nitrogens is 1. The lowest BCUT2D eigenvalue weighted by atomic mass is 9.71. The number of nitrogens with zero attached hydrogens (tertiary/aromatic N) is 2. The van der Waals surface area contributed by atoms with Crippen molar-refractivity contribution in [2.75, 3.05) is 20.2 Å². The number of benzene rings is 3. The fourth-order valence-corrected chi connectivity index (χ4v) is 6.89. The van der Waals surface area contributed by atoms with Gasteiger partial charge in [-0.15, -0.1) is 6.58 Å². The third-order valence-corrected chi connectivity index (χ3v) is 8.71. The number of aromatic nitrogens is 1. The van der Waals surface area contributed by atoms with Crippen LogP contribution >= 0.6 is 0 Å². The third kappa shape index (κ3) is 3.72. The number of pyridine rings is 1. The second kappa shape index (κ2) is 8.78. The molecule has 7 rings (SSSR count). The number of aliphatic hydroxyl groups excluding tert-OH is 1. The van der Waals surface area contributed by atoms with Gasteiger partial charge in [0.2, 0.25) is 0 Å². The summed E-state index contributed by atoms with van der Waals surface area (Å²) in [5.41, 5.74) is 3.21. The fourth-order valence-electron chi connectivity index (χ4n) is 6.89. The molecule has 0 amide bonds. The molecular weight excluding hydrogens is 432 g/mol. The van der Waals surface area contributed by atoms with E-state index in [0.717, 1.165) is 52.8 Å². The predicted octanol–water partition coefficient (Wildman–Crippen LogP) is 6.04. The van der Waals surface area contributed by atoms with Crippen LogP contribution in [0.1, 0.15) is 30.1 Å². The Balaban J connectivity index is 1.44. The molecule has 1 unspecified atom stereocenters. The van der Waals surface area contributed by atoms with E-state index in [2.05, 4.69) is 60.1 Å². The molecule has 3 saturated heterocycles. The average molecular weight is 466 g/mol. The molecule has 1 aromatic heterocycles. The number of fused-ring (bicyclic) bond motifs is 5. The lowest BCUT2D eigenvalue weighted by Crippen LogP contribution is -2.67. The Kier molecular flexibility index (Phi) is 5.58. The quantitative estimate of drug-likeness (QED) is 0.279. The van der Waals surface area contributed by atoms with Gasteiger partial charge in [0.15, 0.2) is 0 Å². The molecule has 178 valence electrons. The fraction of sp³-hybridized carbons (Fsp3) is 0.323. The molecule has 3 aromatic carbocycles. The van der Waals surface area contributed by atoms with Gasteiger partial charge in [0.05, 0.1) is 25.7 Å². The Bertz CT molecular complexity index is 1390. The number of hydrogen-bond acceptors (Lipinski definition) is 3. The Hall–Kier alpha value is -3.21. The molecule has 4 nitrogen and oxygen atoms in total. The summed E-state index contributed by atoms with van der Waals surface area (Å²) in [5, 5.41) is 15.6. The Morgan fingerprint density at radius 1 is 1.11 bits per heavy atom. The molecule has 3 aliphatic heterocycles. The van der Waals surface area contributed by atoms with Gasteiger partial charge in [0, 0.05) is 35.9 Å². The van der Waals surface area contributed by atoms with Gasteiger partial charge in [0.25, 0.3) is 0 Å². The highest BCUT2D eigenvalue weighted by Gasteiger charge is 2.54. The van der Waals surface area contributed by atoms with Crippen LogP contribution in [0.25, 0.3) is 21.7 Å². The molecule has 1 N–H and O–H groups in total. The number of hydrogen-bond donors (Lipinski definition) is 1. The first-order chi connectivity index (χ1) is 17.1. The summed E-state index contributed by atoms with van der Waals surface area (Å²) in [5.74, 6) is 1.87. The van der Waals surface area contributed by atoms with E-state index in [9.17, 15) is 5.11 Å². The molecule has 3 aliphatic rings. The average Bonchev–Trinajstić information content (AvgIpc) is 2.92. The van der Waals surface area contributed by atoms with Crippen LogP contribution in [0.3, 0.4) is 0 Å². The number of ether oxygens (including phenoxy) is 1. The second-order valence-electron chi connectivity index (χ2n) is 10.4. The summed E-state index contributed by atoms with van der Waals surface area (Å²) in [6, 6.07) is 23.3. The third-order valence-electron chi connectivity index (χ3n) is 8.71. The van der Waals surface area contributed by atoms with Crippen LogP contribution in [-0.2, 0) is 6.54 Å². The van der Waals surface area contributed by atoms with Crippen LogP contribution in [-0.4, -0.2) is 40.8 Å². The number of rotatable bonds is 6. The van der Waals surface area contributed by atoms with Crippen LogP contribution in [0.4, 0.5) is 0 Å². The van der Waals surface area contributed by atoms with Crippen LogP contribution in [0.5, 0.6) is 5.75 Å². The van der Waals surface area contributed by atoms with E-state index in [0.29, 0.717) is 11.8 Å². The molecule has 4 heterocycles. The van der Waals surface area contributed by atoms with E-state index in [4.69, 9.17) is 4.74 Å². The minimum Gasteiger partial charge on any atom is -0.497 e. The van der Waals surface area contributed by atoms with E-state index < -0.39 is 6.10 Å². The van der Waals surface area contributed by atoms with Crippen LogP contribution in [0, 0.1) is 11.8 Å². The Morgan fingerprint density at radius 3 is 2.83 bits per heavy atom. The summed E-state index contributed by atoms with van der Waals surface area (Å²) >= 11 is 0. The first-order valence-corrected chi connectivity index (χ1v) is 12.7. The summed E-state index contributed by atoms with van der Waals surface area (Å²) in [6.07, 6.45) is 5.61. The van der Waals surface area contributed by atoms with Crippen molar-refractivity contribution in [3.05, 3.63) is 96.7 Å². The zero-order valence-corrected chi connectivity index (χ0v) is 20.3.